The fraction of sp³-hybridized carbons (Fsp3) is 0.500. The first-order valence-corrected chi connectivity index (χ1v) is 6.68. The van der Waals surface area contributed by atoms with Gasteiger partial charge >= 0.3 is 0 Å². The van der Waals surface area contributed by atoms with E-state index in [4.69, 9.17) is 11.2 Å². The number of para-hydroxylation sites is 1. The van der Waals surface area contributed by atoms with Crippen LogP contribution in [0.3, 0.4) is 0 Å². The van der Waals surface area contributed by atoms with Crippen LogP contribution in [-0.2, 0) is 0 Å². The molecule has 1 aromatic carbocycles. The third-order valence-corrected chi connectivity index (χ3v) is 2.81. The maximum absolute atomic E-state index is 5.80. The van der Waals surface area contributed by atoms with Crippen LogP contribution in [0.2, 0.25) is 0 Å². The van der Waals surface area contributed by atoms with Crippen molar-refractivity contribution in [2.24, 2.45) is 0 Å². The van der Waals surface area contributed by atoms with Crippen molar-refractivity contribution in [2.75, 3.05) is 13.2 Å². The zero-order chi connectivity index (χ0) is 13.2. The number of hydrogen-bond donors (Lipinski definition) is 1. The average molecular weight is 245 g/mol. The molecule has 0 aromatic heterocycles. The fourth-order valence-electron chi connectivity index (χ4n) is 1.80. The highest BCUT2D eigenvalue weighted by atomic mass is 16.5. The van der Waals surface area contributed by atoms with Gasteiger partial charge in [-0.05, 0) is 32.4 Å². The number of terminal acetylenes is 1. The molecule has 0 aliphatic carbocycles. The van der Waals surface area contributed by atoms with Gasteiger partial charge in [-0.25, -0.2) is 0 Å². The molecule has 1 atom stereocenters. The SMILES string of the molecule is C#CCCCOc1ccccc1C(C)NCCC. The Morgan fingerprint density at radius 3 is 2.89 bits per heavy atom. The normalized spacial score (nSPS) is 11.8. The zero-order valence-corrected chi connectivity index (χ0v) is 11.4. The number of ether oxygens (including phenoxy) is 1. The molecule has 1 N–H and O–H groups in total. The molecule has 98 valence electrons. The molecule has 18 heavy (non-hydrogen) atoms. The van der Waals surface area contributed by atoms with Gasteiger partial charge in [-0.1, -0.05) is 25.1 Å². The third kappa shape index (κ3) is 4.81. The second-order valence-corrected chi connectivity index (χ2v) is 4.37. The van der Waals surface area contributed by atoms with Gasteiger partial charge in [0, 0.05) is 18.0 Å². The molecule has 0 heterocycles. The van der Waals surface area contributed by atoms with Crippen molar-refractivity contribution in [1.82, 2.24) is 5.32 Å². The molecule has 0 amide bonds. The molecule has 0 saturated carbocycles. The van der Waals surface area contributed by atoms with Crippen LogP contribution in [-0.4, -0.2) is 13.2 Å². The Bertz CT molecular complexity index is 381. The molecule has 2 heteroatoms. The van der Waals surface area contributed by atoms with Crippen LogP contribution in [0.1, 0.15) is 44.7 Å². The molecule has 2 nitrogen and oxygen atoms in total. The summed E-state index contributed by atoms with van der Waals surface area (Å²) in [4.78, 5) is 0. The Balaban J connectivity index is 2.58. The van der Waals surface area contributed by atoms with E-state index in [9.17, 15) is 0 Å². The molecule has 0 radical (unpaired) electrons. The lowest BCUT2D eigenvalue weighted by Crippen LogP contribution is -2.20. The molecule has 0 fully saturated rings. The van der Waals surface area contributed by atoms with Crippen molar-refractivity contribution < 1.29 is 4.74 Å². The molecule has 1 unspecified atom stereocenters. The van der Waals surface area contributed by atoms with Gasteiger partial charge in [0.05, 0.1) is 6.61 Å². The standard InChI is InChI=1S/C16H23NO/c1-4-6-9-13-18-16-11-8-7-10-15(16)14(3)17-12-5-2/h1,7-8,10-11,14,17H,5-6,9,12-13H2,2-3H3. The van der Waals surface area contributed by atoms with Crippen molar-refractivity contribution in [3.05, 3.63) is 29.8 Å². The highest BCUT2D eigenvalue weighted by Gasteiger charge is 2.09. The summed E-state index contributed by atoms with van der Waals surface area (Å²) in [7, 11) is 0. The lowest BCUT2D eigenvalue weighted by atomic mass is 10.1. The second-order valence-electron chi connectivity index (χ2n) is 4.37. The minimum absolute atomic E-state index is 0.314. The van der Waals surface area contributed by atoms with Crippen molar-refractivity contribution in [3.8, 4) is 18.1 Å². The van der Waals surface area contributed by atoms with Crippen LogP contribution < -0.4 is 10.1 Å². The van der Waals surface area contributed by atoms with Gasteiger partial charge < -0.3 is 10.1 Å². The van der Waals surface area contributed by atoms with Crippen molar-refractivity contribution in [2.45, 2.75) is 39.2 Å². The number of unbranched alkanes of at least 4 members (excludes halogenated alkanes) is 1. The second kappa shape index (κ2) is 8.60. The predicted molar refractivity (Wildman–Crippen MR) is 76.7 cm³/mol. The van der Waals surface area contributed by atoms with Crippen molar-refractivity contribution in [3.63, 3.8) is 0 Å². The van der Waals surface area contributed by atoms with Crippen molar-refractivity contribution >= 4 is 0 Å². The van der Waals surface area contributed by atoms with Crippen LogP contribution in [0.5, 0.6) is 5.75 Å². The van der Waals surface area contributed by atoms with Gasteiger partial charge in [-0.15, -0.1) is 12.3 Å². The summed E-state index contributed by atoms with van der Waals surface area (Å²) in [6, 6.07) is 8.51. The average Bonchev–Trinajstić information content (AvgIpc) is 2.41. The van der Waals surface area contributed by atoms with E-state index in [2.05, 4.69) is 31.2 Å². The topological polar surface area (TPSA) is 21.3 Å². The zero-order valence-electron chi connectivity index (χ0n) is 11.4. The molecule has 0 spiro atoms. The Hall–Kier alpha value is -1.46. The lowest BCUT2D eigenvalue weighted by molar-refractivity contribution is 0.306. The molecule has 1 aromatic rings. The minimum atomic E-state index is 0.314. The maximum Gasteiger partial charge on any atom is 0.124 e. The van der Waals surface area contributed by atoms with E-state index in [0.29, 0.717) is 12.6 Å². The van der Waals surface area contributed by atoms with Gasteiger partial charge in [0.25, 0.3) is 0 Å². The van der Waals surface area contributed by atoms with Crippen LogP contribution in [0.25, 0.3) is 0 Å². The summed E-state index contributed by atoms with van der Waals surface area (Å²) in [6.07, 6.45) is 8.03. The number of benzene rings is 1. The lowest BCUT2D eigenvalue weighted by Gasteiger charge is -2.18. The van der Waals surface area contributed by atoms with Crippen LogP contribution >= 0.6 is 0 Å². The Morgan fingerprint density at radius 2 is 2.17 bits per heavy atom. The van der Waals surface area contributed by atoms with Gasteiger partial charge in [0.2, 0.25) is 0 Å². The van der Waals surface area contributed by atoms with Gasteiger partial charge in [-0.2, -0.15) is 0 Å². The van der Waals surface area contributed by atoms with Gasteiger partial charge in [-0.3, -0.25) is 0 Å². The van der Waals surface area contributed by atoms with E-state index in [1.54, 1.807) is 0 Å². The third-order valence-electron chi connectivity index (χ3n) is 2.81. The summed E-state index contributed by atoms with van der Waals surface area (Å²) in [5, 5.41) is 3.48. The molecule has 0 aliphatic heterocycles. The highest BCUT2D eigenvalue weighted by Crippen LogP contribution is 2.24. The van der Waals surface area contributed by atoms with E-state index in [0.717, 1.165) is 31.6 Å². The summed E-state index contributed by atoms with van der Waals surface area (Å²) in [6.45, 7) is 6.04. The quantitative estimate of drug-likeness (QED) is 0.559. The molecule has 0 saturated heterocycles. The molecule has 0 bridgehead atoms. The van der Waals surface area contributed by atoms with E-state index >= 15 is 0 Å². The number of rotatable bonds is 8. The first-order valence-electron chi connectivity index (χ1n) is 6.68. The van der Waals surface area contributed by atoms with Crippen molar-refractivity contribution in [1.29, 1.82) is 0 Å². The summed E-state index contributed by atoms with van der Waals surface area (Å²) >= 11 is 0. The number of hydrogen-bond acceptors (Lipinski definition) is 2. The first-order chi connectivity index (χ1) is 8.79. The highest BCUT2D eigenvalue weighted by molar-refractivity contribution is 5.35. The minimum Gasteiger partial charge on any atom is -0.493 e. The Morgan fingerprint density at radius 1 is 1.39 bits per heavy atom. The van der Waals surface area contributed by atoms with Gasteiger partial charge in [0.1, 0.15) is 5.75 Å². The summed E-state index contributed by atoms with van der Waals surface area (Å²) in [5.74, 6) is 3.59. The summed E-state index contributed by atoms with van der Waals surface area (Å²) < 4.78 is 5.80. The fourth-order valence-corrected chi connectivity index (χ4v) is 1.80. The monoisotopic (exact) mass is 245 g/mol. The first kappa shape index (κ1) is 14.6. The smallest absolute Gasteiger partial charge is 0.124 e. The van der Waals surface area contributed by atoms with E-state index < -0.39 is 0 Å². The summed E-state index contributed by atoms with van der Waals surface area (Å²) in [5.41, 5.74) is 1.21. The van der Waals surface area contributed by atoms with Crippen LogP contribution in [0.15, 0.2) is 24.3 Å². The predicted octanol–water partition coefficient (Wildman–Crippen LogP) is 3.54. The van der Waals surface area contributed by atoms with E-state index in [-0.39, 0.29) is 0 Å². The molecular formula is C16H23NO. The largest absolute Gasteiger partial charge is 0.493 e. The Labute approximate surface area is 111 Å². The number of nitrogens with one attached hydrogen (secondary N) is 1. The van der Waals surface area contributed by atoms with Crippen LogP contribution in [0, 0.1) is 12.3 Å². The van der Waals surface area contributed by atoms with E-state index in [1.165, 1.54) is 5.56 Å². The van der Waals surface area contributed by atoms with E-state index in [1.807, 2.05) is 18.2 Å². The maximum atomic E-state index is 5.80. The molecular weight excluding hydrogens is 222 g/mol. The molecule has 0 aliphatic rings. The Kier molecular flexibility index (Phi) is 6.98. The van der Waals surface area contributed by atoms with Gasteiger partial charge in [0.15, 0.2) is 0 Å². The van der Waals surface area contributed by atoms with Crippen LogP contribution in [0.4, 0.5) is 0 Å². The molecule has 1 rings (SSSR count).